The summed E-state index contributed by atoms with van der Waals surface area (Å²) in [4.78, 5) is 3.61. The number of nitrogens with one attached hydrogen (secondary N) is 1. The number of aromatic nitrogens is 1. The lowest BCUT2D eigenvalue weighted by molar-refractivity contribution is 0.628. The summed E-state index contributed by atoms with van der Waals surface area (Å²) in [5.41, 5.74) is 11.3. The van der Waals surface area contributed by atoms with Crippen LogP contribution in [0.2, 0.25) is 5.02 Å². The Morgan fingerprint density at radius 3 is 2.65 bits per heavy atom. The smallest absolute Gasteiger partial charge is 0.124 e. The van der Waals surface area contributed by atoms with Gasteiger partial charge < -0.3 is 10.7 Å². The lowest BCUT2D eigenvalue weighted by Crippen LogP contribution is -1.99. The highest BCUT2D eigenvalue weighted by atomic mass is 35.5. The van der Waals surface area contributed by atoms with Crippen LogP contribution in [0.25, 0.3) is 22.2 Å². The number of fused-ring (bicyclic) bond motifs is 1. The molecule has 0 amide bonds. The fourth-order valence-electron chi connectivity index (χ4n) is 3.54. The molecule has 4 heteroatoms. The van der Waals surface area contributed by atoms with Gasteiger partial charge >= 0.3 is 0 Å². The molecule has 1 aromatic heterocycles. The van der Waals surface area contributed by atoms with E-state index in [1.807, 2.05) is 0 Å². The van der Waals surface area contributed by atoms with Crippen molar-refractivity contribution in [3.05, 3.63) is 58.4 Å². The van der Waals surface area contributed by atoms with Crippen LogP contribution in [0.15, 0.2) is 36.4 Å². The molecule has 2 aromatic carbocycles. The Bertz CT molecular complexity index is 885. The maximum Gasteiger partial charge on any atom is 0.124 e. The SMILES string of the molecule is CCCCc1cccc2c(CCCCN)c(-c3ccc(F)cc3Cl)[nH]c12. The molecule has 0 unspecified atom stereocenters. The van der Waals surface area contributed by atoms with Crippen molar-refractivity contribution >= 4 is 22.5 Å². The van der Waals surface area contributed by atoms with E-state index < -0.39 is 0 Å². The van der Waals surface area contributed by atoms with Crippen molar-refractivity contribution in [2.75, 3.05) is 6.54 Å². The number of hydrogen-bond acceptors (Lipinski definition) is 1. The second kappa shape index (κ2) is 8.70. The monoisotopic (exact) mass is 372 g/mol. The van der Waals surface area contributed by atoms with Crippen molar-refractivity contribution in [1.82, 2.24) is 4.98 Å². The van der Waals surface area contributed by atoms with Crippen molar-refractivity contribution in [2.24, 2.45) is 5.73 Å². The molecule has 26 heavy (non-hydrogen) atoms. The summed E-state index contributed by atoms with van der Waals surface area (Å²) in [6, 6.07) is 11.1. The fourth-order valence-corrected chi connectivity index (χ4v) is 3.80. The molecule has 0 fully saturated rings. The first-order valence-electron chi connectivity index (χ1n) is 9.43. The Balaban J connectivity index is 2.14. The van der Waals surface area contributed by atoms with E-state index in [4.69, 9.17) is 17.3 Å². The average molecular weight is 373 g/mol. The van der Waals surface area contributed by atoms with E-state index >= 15 is 0 Å². The molecule has 3 N–H and O–H groups in total. The number of H-pyrrole nitrogens is 1. The third-order valence-electron chi connectivity index (χ3n) is 4.91. The molecule has 0 atom stereocenters. The maximum atomic E-state index is 13.5. The van der Waals surface area contributed by atoms with Crippen molar-refractivity contribution in [3.63, 3.8) is 0 Å². The minimum absolute atomic E-state index is 0.317. The molecule has 138 valence electrons. The van der Waals surface area contributed by atoms with Crippen LogP contribution in [0.5, 0.6) is 0 Å². The van der Waals surface area contributed by atoms with Gasteiger partial charge in [-0.05, 0) is 68.0 Å². The number of aromatic amines is 1. The first-order chi connectivity index (χ1) is 12.7. The van der Waals surface area contributed by atoms with Crippen LogP contribution in [0.4, 0.5) is 4.39 Å². The Hall–Kier alpha value is -1.84. The van der Waals surface area contributed by atoms with Crippen LogP contribution >= 0.6 is 11.6 Å². The number of halogens is 2. The molecule has 3 aromatic rings. The number of para-hydroxylation sites is 1. The largest absolute Gasteiger partial charge is 0.354 e. The predicted octanol–water partition coefficient (Wildman–Crippen LogP) is 6.25. The Morgan fingerprint density at radius 2 is 1.92 bits per heavy atom. The summed E-state index contributed by atoms with van der Waals surface area (Å²) in [5, 5.41) is 1.68. The van der Waals surface area contributed by atoms with Crippen molar-refractivity contribution in [2.45, 2.75) is 45.4 Å². The van der Waals surface area contributed by atoms with E-state index in [9.17, 15) is 4.39 Å². The van der Waals surface area contributed by atoms with Crippen molar-refractivity contribution < 1.29 is 4.39 Å². The molecular formula is C22H26ClFN2. The van der Waals surface area contributed by atoms with Gasteiger partial charge in [-0.25, -0.2) is 4.39 Å². The highest BCUT2D eigenvalue weighted by molar-refractivity contribution is 6.33. The van der Waals surface area contributed by atoms with Gasteiger partial charge in [0, 0.05) is 16.5 Å². The van der Waals surface area contributed by atoms with Gasteiger partial charge in [-0.15, -0.1) is 0 Å². The van der Waals surface area contributed by atoms with E-state index in [1.54, 1.807) is 6.07 Å². The van der Waals surface area contributed by atoms with Gasteiger partial charge in [-0.3, -0.25) is 0 Å². The predicted molar refractivity (Wildman–Crippen MR) is 109 cm³/mol. The fraction of sp³-hybridized carbons (Fsp3) is 0.364. The van der Waals surface area contributed by atoms with Crippen LogP contribution in [0.3, 0.4) is 0 Å². The van der Waals surface area contributed by atoms with Crippen molar-refractivity contribution in [3.8, 4) is 11.3 Å². The molecule has 2 nitrogen and oxygen atoms in total. The van der Waals surface area contributed by atoms with E-state index in [0.29, 0.717) is 11.6 Å². The van der Waals surface area contributed by atoms with Crippen LogP contribution in [-0.4, -0.2) is 11.5 Å². The zero-order valence-electron chi connectivity index (χ0n) is 15.2. The molecular weight excluding hydrogens is 347 g/mol. The van der Waals surface area contributed by atoms with E-state index in [1.165, 1.54) is 34.2 Å². The summed E-state index contributed by atoms with van der Waals surface area (Å²) in [6.07, 6.45) is 6.31. The maximum absolute atomic E-state index is 13.5. The third kappa shape index (κ3) is 3.94. The molecule has 0 saturated carbocycles. The summed E-state index contributed by atoms with van der Waals surface area (Å²) in [7, 11) is 0. The van der Waals surface area contributed by atoms with Crippen LogP contribution in [-0.2, 0) is 12.8 Å². The summed E-state index contributed by atoms with van der Waals surface area (Å²) in [5.74, 6) is -0.317. The average Bonchev–Trinajstić information content (AvgIpc) is 2.99. The number of nitrogens with two attached hydrogens (primary N) is 1. The summed E-state index contributed by atoms with van der Waals surface area (Å²) in [6.45, 7) is 2.90. The zero-order valence-corrected chi connectivity index (χ0v) is 16.0. The Kier molecular flexibility index (Phi) is 6.33. The second-order valence-electron chi connectivity index (χ2n) is 6.79. The Morgan fingerprint density at radius 1 is 1.08 bits per heavy atom. The zero-order chi connectivity index (χ0) is 18.5. The second-order valence-corrected chi connectivity index (χ2v) is 7.20. The van der Waals surface area contributed by atoms with Gasteiger partial charge in [0.1, 0.15) is 5.82 Å². The highest BCUT2D eigenvalue weighted by Crippen LogP contribution is 2.37. The van der Waals surface area contributed by atoms with Crippen LogP contribution in [0, 0.1) is 5.82 Å². The molecule has 0 saturated heterocycles. The lowest BCUT2D eigenvalue weighted by atomic mass is 9.98. The van der Waals surface area contributed by atoms with Gasteiger partial charge in [-0.1, -0.05) is 43.1 Å². The standard InChI is InChI=1S/C22H26ClFN2/c1-2-3-7-15-8-6-10-17-18(9-4-5-13-25)22(26-21(15)17)19-12-11-16(24)14-20(19)23/h6,8,10-12,14,26H,2-5,7,9,13,25H2,1H3. The van der Waals surface area contributed by atoms with Gasteiger partial charge in [0.25, 0.3) is 0 Å². The molecule has 0 spiro atoms. The molecule has 0 bridgehead atoms. The molecule has 0 radical (unpaired) electrons. The molecule has 1 heterocycles. The van der Waals surface area contributed by atoms with E-state index in [2.05, 4.69) is 30.1 Å². The minimum Gasteiger partial charge on any atom is -0.354 e. The quantitative estimate of drug-likeness (QED) is 0.451. The third-order valence-corrected chi connectivity index (χ3v) is 5.22. The van der Waals surface area contributed by atoms with Crippen LogP contribution in [0.1, 0.15) is 43.7 Å². The topological polar surface area (TPSA) is 41.8 Å². The van der Waals surface area contributed by atoms with Crippen LogP contribution < -0.4 is 5.73 Å². The van der Waals surface area contributed by atoms with Gasteiger partial charge in [0.15, 0.2) is 0 Å². The van der Waals surface area contributed by atoms with Crippen molar-refractivity contribution in [1.29, 1.82) is 0 Å². The van der Waals surface area contributed by atoms with E-state index in [0.717, 1.165) is 49.8 Å². The first-order valence-corrected chi connectivity index (χ1v) is 9.81. The van der Waals surface area contributed by atoms with Gasteiger partial charge in [0.05, 0.1) is 10.7 Å². The molecule has 0 aliphatic rings. The number of unbranched alkanes of at least 4 members (excludes halogenated alkanes) is 2. The minimum atomic E-state index is -0.317. The lowest BCUT2D eigenvalue weighted by Gasteiger charge is -2.07. The van der Waals surface area contributed by atoms with Gasteiger partial charge in [-0.2, -0.15) is 0 Å². The Labute approximate surface area is 159 Å². The normalized spacial score (nSPS) is 11.4. The number of benzene rings is 2. The number of aryl methyl sites for hydroxylation is 2. The summed E-state index contributed by atoms with van der Waals surface area (Å²) >= 11 is 6.37. The van der Waals surface area contributed by atoms with Gasteiger partial charge in [0.2, 0.25) is 0 Å². The molecule has 0 aliphatic heterocycles. The number of rotatable bonds is 8. The first kappa shape index (κ1) is 18.9. The molecule has 3 rings (SSSR count). The highest BCUT2D eigenvalue weighted by Gasteiger charge is 2.17. The summed E-state index contributed by atoms with van der Waals surface area (Å²) < 4.78 is 13.5. The number of hydrogen-bond donors (Lipinski definition) is 2. The molecule has 0 aliphatic carbocycles. The van der Waals surface area contributed by atoms with E-state index in [-0.39, 0.29) is 5.82 Å².